The maximum atomic E-state index is 13.0. The molecule has 3 aromatic carbocycles. The topological polar surface area (TPSA) is 65.7 Å². The van der Waals surface area contributed by atoms with Crippen LogP contribution in [-0.4, -0.2) is 9.97 Å². The molecule has 0 atom stereocenters. The molecule has 0 radical (unpaired) electrons. The Kier molecular flexibility index (Phi) is 4.59. The van der Waals surface area contributed by atoms with Crippen molar-refractivity contribution in [2.45, 2.75) is 27.7 Å². The van der Waals surface area contributed by atoms with Gasteiger partial charge in [0.05, 0.1) is 11.0 Å². The van der Waals surface area contributed by atoms with E-state index in [-0.39, 0.29) is 10.9 Å². The van der Waals surface area contributed by atoms with E-state index in [1.54, 1.807) is 24.3 Å². The van der Waals surface area contributed by atoms with Crippen molar-refractivity contribution in [1.29, 1.82) is 0 Å². The molecule has 2 aromatic heterocycles. The molecule has 32 heavy (non-hydrogen) atoms. The second-order valence-electron chi connectivity index (χ2n) is 8.64. The Hall–Kier alpha value is -3.92. The highest BCUT2D eigenvalue weighted by molar-refractivity contribution is 5.96. The van der Waals surface area contributed by atoms with Crippen LogP contribution in [0.25, 0.3) is 44.3 Å². The van der Waals surface area contributed by atoms with Crippen molar-refractivity contribution in [3.63, 3.8) is 0 Å². The molecule has 0 bridgehead atoms. The Morgan fingerprint density at radius 1 is 0.500 bits per heavy atom. The number of hydrogen-bond acceptors (Lipinski definition) is 2. The van der Waals surface area contributed by atoms with Crippen molar-refractivity contribution in [3.8, 4) is 22.5 Å². The molecular weight excluding hydrogens is 396 g/mol. The van der Waals surface area contributed by atoms with E-state index in [9.17, 15) is 9.59 Å². The van der Waals surface area contributed by atoms with Gasteiger partial charge in [0.15, 0.2) is 10.9 Å². The number of fused-ring (bicyclic) bond motifs is 2. The predicted molar refractivity (Wildman–Crippen MR) is 133 cm³/mol. The quantitative estimate of drug-likeness (QED) is 0.347. The van der Waals surface area contributed by atoms with Crippen LogP contribution >= 0.6 is 0 Å². The molecule has 0 amide bonds. The smallest absolute Gasteiger partial charge is 0.190 e. The van der Waals surface area contributed by atoms with Crippen LogP contribution in [0.4, 0.5) is 0 Å². The van der Waals surface area contributed by atoms with Gasteiger partial charge in [0.1, 0.15) is 0 Å². The zero-order chi connectivity index (χ0) is 22.6. The van der Waals surface area contributed by atoms with Gasteiger partial charge in [-0.25, -0.2) is 0 Å². The van der Waals surface area contributed by atoms with E-state index in [1.807, 2.05) is 24.3 Å². The van der Waals surface area contributed by atoms with Gasteiger partial charge < -0.3 is 9.97 Å². The van der Waals surface area contributed by atoms with Crippen LogP contribution in [0.5, 0.6) is 0 Å². The number of pyridine rings is 2. The van der Waals surface area contributed by atoms with Crippen LogP contribution in [0, 0.1) is 27.7 Å². The van der Waals surface area contributed by atoms with Gasteiger partial charge in [-0.2, -0.15) is 0 Å². The van der Waals surface area contributed by atoms with E-state index in [0.717, 1.165) is 33.6 Å². The molecule has 0 aliphatic rings. The van der Waals surface area contributed by atoms with Crippen molar-refractivity contribution in [2.75, 3.05) is 0 Å². The first kappa shape index (κ1) is 20.0. The van der Waals surface area contributed by atoms with Crippen molar-refractivity contribution in [3.05, 3.63) is 103 Å². The average Bonchev–Trinajstić information content (AvgIpc) is 2.76. The fourth-order valence-corrected chi connectivity index (χ4v) is 4.12. The molecule has 5 rings (SSSR count). The van der Waals surface area contributed by atoms with Crippen molar-refractivity contribution in [1.82, 2.24) is 9.97 Å². The number of aromatic amines is 2. The van der Waals surface area contributed by atoms with E-state index in [4.69, 9.17) is 0 Å². The first-order valence-corrected chi connectivity index (χ1v) is 10.7. The Bertz CT molecular complexity index is 1530. The summed E-state index contributed by atoms with van der Waals surface area (Å²) in [5.41, 5.74) is 9.28. The molecule has 0 spiro atoms. The summed E-state index contributed by atoms with van der Waals surface area (Å²) in [5.74, 6) is 0. The second-order valence-corrected chi connectivity index (χ2v) is 8.64. The standard InChI is InChI=1S/C28H24N2O2/c1-15-5-7-19(9-17(15)3)23-13-27(31)21-12-26-22(11-25(21)29-23)28(32)14-24(30-26)20-8-6-16(2)18(4)10-20/h5-14H,1-4H3,(H,29,31)(H,30,32). The normalized spacial score (nSPS) is 11.4. The van der Waals surface area contributed by atoms with Crippen LogP contribution in [0.3, 0.4) is 0 Å². The number of benzene rings is 3. The zero-order valence-corrected chi connectivity index (χ0v) is 18.6. The van der Waals surface area contributed by atoms with E-state index < -0.39 is 0 Å². The monoisotopic (exact) mass is 420 g/mol. The number of rotatable bonds is 2. The van der Waals surface area contributed by atoms with E-state index >= 15 is 0 Å². The molecular formula is C28H24N2O2. The highest BCUT2D eigenvalue weighted by Gasteiger charge is 2.11. The van der Waals surface area contributed by atoms with Gasteiger partial charge in [-0.3, -0.25) is 9.59 Å². The number of H-pyrrole nitrogens is 2. The first-order valence-electron chi connectivity index (χ1n) is 10.7. The molecule has 2 heterocycles. The molecule has 158 valence electrons. The van der Waals surface area contributed by atoms with E-state index in [1.165, 1.54) is 11.1 Å². The Balaban J connectivity index is 1.71. The van der Waals surface area contributed by atoms with Gasteiger partial charge in [-0.1, -0.05) is 24.3 Å². The van der Waals surface area contributed by atoms with E-state index in [0.29, 0.717) is 21.8 Å². The van der Waals surface area contributed by atoms with Crippen LogP contribution in [0.15, 0.2) is 70.3 Å². The lowest BCUT2D eigenvalue weighted by Crippen LogP contribution is -2.07. The number of hydrogen-bond donors (Lipinski definition) is 2. The third-order valence-corrected chi connectivity index (χ3v) is 6.41. The molecule has 4 nitrogen and oxygen atoms in total. The molecule has 5 aromatic rings. The van der Waals surface area contributed by atoms with Crippen LogP contribution in [0.2, 0.25) is 0 Å². The summed E-state index contributed by atoms with van der Waals surface area (Å²) in [6.45, 7) is 8.23. The summed E-state index contributed by atoms with van der Waals surface area (Å²) in [5, 5.41) is 1.11. The van der Waals surface area contributed by atoms with Gasteiger partial charge in [-0.05, 0) is 85.3 Å². The first-order chi connectivity index (χ1) is 15.3. The summed E-state index contributed by atoms with van der Waals surface area (Å²) < 4.78 is 0. The molecule has 0 saturated carbocycles. The van der Waals surface area contributed by atoms with E-state index in [2.05, 4.69) is 49.8 Å². The van der Waals surface area contributed by atoms with Crippen molar-refractivity contribution < 1.29 is 0 Å². The molecule has 2 N–H and O–H groups in total. The lowest BCUT2D eigenvalue weighted by Gasteiger charge is -2.10. The number of nitrogens with one attached hydrogen (secondary N) is 2. The minimum absolute atomic E-state index is 0.0775. The third-order valence-electron chi connectivity index (χ3n) is 6.41. The van der Waals surface area contributed by atoms with Gasteiger partial charge in [0.25, 0.3) is 0 Å². The largest absolute Gasteiger partial charge is 0.354 e. The molecule has 0 aliphatic heterocycles. The fraction of sp³-hybridized carbons (Fsp3) is 0.143. The second kappa shape index (κ2) is 7.34. The Labute approximate surface area is 185 Å². The molecule has 0 saturated heterocycles. The predicted octanol–water partition coefficient (Wildman–Crippen LogP) is 5.94. The van der Waals surface area contributed by atoms with Gasteiger partial charge in [0.2, 0.25) is 0 Å². The Morgan fingerprint density at radius 2 is 0.906 bits per heavy atom. The summed E-state index contributed by atoms with van der Waals surface area (Å²) in [6, 6.07) is 19.0. The maximum Gasteiger partial charge on any atom is 0.190 e. The van der Waals surface area contributed by atoms with Crippen molar-refractivity contribution in [2.24, 2.45) is 0 Å². The molecule has 0 aliphatic carbocycles. The molecule has 4 heteroatoms. The lowest BCUT2D eigenvalue weighted by atomic mass is 10.0. The fourth-order valence-electron chi connectivity index (χ4n) is 4.12. The average molecular weight is 421 g/mol. The minimum atomic E-state index is -0.0775. The highest BCUT2D eigenvalue weighted by Crippen LogP contribution is 2.25. The maximum absolute atomic E-state index is 13.0. The van der Waals surface area contributed by atoms with Crippen LogP contribution < -0.4 is 10.9 Å². The minimum Gasteiger partial charge on any atom is -0.354 e. The summed E-state index contributed by atoms with van der Waals surface area (Å²) in [6.07, 6.45) is 0. The zero-order valence-electron chi connectivity index (χ0n) is 18.6. The van der Waals surface area contributed by atoms with Crippen LogP contribution in [-0.2, 0) is 0 Å². The van der Waals surface area contributed by atoms with Crippen LogP contribution in [0.1, 0.15) is 22.3 Å². The van der Waals surface area contributed by atoms with Gasteiger partial charge in [-0.15, -0.1) is 0 Å². The van der Waals surface area contributed by atoms with Crippen molar-refractivity contribution >= 4 is 21.8 Å². The number of aromatic nitrogens is 2. The SMILES string of the molecule is Cc1ccc(-c2cc(=O)c3cc4[nH]c(-c5ccc(C)c(C)c5)cc(=O)c4cc3[nH]2)cc1C. The summed E-state index contributed by atoms with van der Waals surface area (Å²) in [7, 11) is 0. The molecule has 0 fully saturated rings. The lowest BCUT2D eigenvalue weighted by molar-refractivity contribution is 1.31. The Morgan fingerprint density at radius 3 is 1.28 bits per heavy atom. The number of aryl methyl sites for hydroxylation is 4. The highest BCUT2D eigenvalue weighted by atomic mass is 16.1. The summed E-state index contributed by atoms with van der Waals surface area (Å²) in [4.78, 5) is 32.7. The van der Waals surface area contributed by atoms with Gasteiger partial charge in [0, 0.05) is 34.3 Å². The van der Waals surface area contributed by atoms with Gasteiger partial charge >= 0.3 is 0 Å². The summed E-state index contributed by atoms with van der Waals surface area (Å²) >= 11 is 0. The molecule has 0 unspecified atom stereocenters. The third kappa shape index (κ3) is 3.34.